The molecule has 8 nitrogen and oxygen atoms in total. The number of nitrogens with zero attached hydrogens (tertiary/aromatic N) is 4. The maximum atomic E-state index is 10.8. The molecule has 0 saturated carbocycles. The molecule has 0 saturated heterocycles. The Bertz CT molecular complexity index is 747. The Labute approximate surface area is 106 Å². The molecule has 96 valence electrons. The smallest absolute Gasteiger partial charge is 0.325 e. The number of aliphatic carboxylic acids is 1. The van der Waals surface area contributed by atoms with Crippen molar-refractivity contribution in [2.45, 2.75) is 6.54 Å². The van der Waals surface area contributed by atoms with Gasteiger partial charge in [0.15, 0.2) is 11.4 Å². The molecule has 3 N–H and O–H groups in total. The van der Waals surface area contributed by atoms with Gasteiger partial charge in [0.1, 0.15) is 12.2 Å². The molecule has 3 rings (SSSR count). The van der Waals surface area contributed by atoms with Gasteiger partial charge in [0.2, 0.25) is 5.95 Å². The summed E-state index contributed by atoms with van der Waals surface area (Å²) in [5, 5.41) is 13.4. The summed E-state index contributed by atoms with van der Waals surface area (Å²) >= 11 is 0. The largest absolute Gasteiger partial charge is 0.480 e. The van der Waals surface area contributed by atoms with Gasteiger partial charge in [-0.25, -0.2) is 9.67 Å². The summed E-state index contributed by atoms with van der Waals surface area (Å²) in [6.45, 7) is -0.294. The van der Waals surface area contributed by atoms with Gasteiger partial charge in [-0.15, -0.1) is 0 Å². The molecule has 0 unspecified atom stereocenters. The lowest BCUT2D eigenvalue weighted by atomic mass is 10.2. The summed E-state index contributed by atoms with van der Waals surface area (Å²) in [6, 6.07) is 3.46. The number of hydrogen-bond acceptors (Lipinski definition) is 6. The fourth-order valence-corrected chi connectivity index (χ4v) is 1.82. The lowest BCUT2D eigenvalue weighted by molar-refractivity contribution is -0.137. The third-order valence-electron chi connectivity index (χ3n) is 2.55. The van der Waals surface area contributed by atoms with Crippen LogP contribution in [0.15, 0.2) is 29.0 Å². The van der Waals surface area contributed by atoms with E-state index in [9.17, 15) is 4.79 Å². The second-order valence-electron chi connectivity index (χ2n) is 3.84. The van der Waals surface area contributed by atoms with Crippen molar-refractivity contribution in [1.29, 1.82) is 0 Å². The first kappa shape index (κ1) is 11.2. The van der Waals surface area contributed by atoms with Gasteiger partial charge in [-0.3, -0.25) is 4.79 Å². The number of rotatable bonds is 3. The van der Waals surface area contributed by atoms with Crippen molar-refractivity contribution in [1.82, 2.24) is 19.7 Å². The molecule has 0 radical (unpaired) electrons. The van der Waals surface area contributed by atoms with Gasteiger partial charge in [-0.1, -0.05) is 0 Å². The lowest BCUT2D eigenvalue weighted by Crippen LogP contribution is -2.11. The van der Waals surface area contributed by atoms with E-state index in [1.165, 1.54) is 17.1 Å². The Morgan fingerprint density at radius 3 is 3.00 bits per heavy atom. The van der Waals surface area contributed by atoms with Crippen LogP contribution in [-0.4, -0.2) is 30.8 Å². The predicted molar refractivity (Wildman–Crippen MR) is 65.1 cm³/mol. The van der Waals surface area contributed by atoms with E-state index in [2.05, 4.69) is 15.1 Å². The van der Waals surface area contributed by atoms with Gasteiger partial charge in [0.05, 0.1) is 17.8 Å². The van der Waals surface area contributed by atoms with Crippen molar-refractivity contribution in [3.8, 4) is 11.5 Å². The monoisotopic (exact) mass is 259 g/mol. The van der Waals surface area contributed by atoms with E-state index in [0.29, 0.717) is 22.5 Å². The topological polar surface area (TPSA) is 120 Å². The minimum absolute atomic E-state index is 0.0334. The second-order valence-corrected chi connectivity index (χ2v) is 3.84. The minimum atomic E-state index is -1.01. The minimum Gasteiger partial charge on any atom is -0.480 e. The highest BCUT2D eigenvalue weighted by Crippen LogP contribution is 2.26. The van der Waals surface area contributed by atoms with E-state index < -0.39 is 5.97 Å². The van der Waals surface area contributed by atoms with E-state index in [4.69, 9.17) is 15.3 Å². The molecule has 0 aliphatic carbocycles. The normalized spacial score (nSPS) is 10.9. The van der Waals surface area contributed by atoms with Crippen molar-refractivity contribution < 1.29 is 14.3 Å². The van der Waals surface area contributed by atoms with Gasteiger partial charge in [0, 0.05) is 0 Å². The van der Waals surface area contributed by atoms with Crippen LogP contribution in [0, 0.1) is 0 Å². The summed E-state index contributed by atoms with van der Waals surface area (Å²) in [7, 11) is 0. The molecule has 8 heteroatoms. The molecule has 0 aliphatic heterocycles. The summed E-state index contributed by atoms with van der Waals surface area (Å²) in [5.74, 6) is -0.457. The number of nitrogen functional groups attached to an aromatic ring is 1. The zero-order valence-corrected chi connectivity index (χ0v) is 9.65. The van der Waals surface area contributed by atoms with Crippen LogP contribution in [0.25, 0.3) is 22.5 Å². The summed E-state index contributed by atoms with van der Waals surface area (Å²) in [5.41, 5.74) is 6.49. The highest BCUT2D eigenvalue weighted by molar-refractivity contribution is 5.90. The van der Waals surface area contributed by atoms with Gasteiger partial charge < -0.3 is 15.3 Å². The summed E-state index contributed by atoms with van der Waals surface area (Å²) in [6.07, 6.45) is 3.01. The molecule has 0 fully saturated rings. The molecule has 0 atom stereocenters. The number of aromatic nitrogens is 4. The van der Waals surface area contributed by atoms with Crippen LogP contribution < -0.4 is 5.73 Å². The molecule has 0 bridgehead atoms. The number of furan rings is 1. The molecule has 3 aromatic rings. The number of nitrogens with two attached hydrogens (primary N) is 1. The van der Waals surface area contributed by atoms with Crippen LogP contribution in [0.5, 0.6) is 0 Å². The molecule has 3 heterocycles. The first-order valence-electron chi connectivity index (χ1n) is 5.40. The van der Waals surface area contributed by atoms with E-state index in [1.54, 1.807) is 12.1 Å². The van der Waals surface area contributed by atoms with Crippen LogP contribution in [0.3, 0.4) is 0 Å². The van der Waals surface area contributed by atoms with E-state index >= 15 is 0 Å². The number of carbonyl (C=O) groups is 1. The van der Waals surface area contributed by atoms with Gasteiger partial charge in [-0.2, -0.15) is 10.1 Å². The van der Waals surface area contributed by atoms with Crippen molar-refractivity contribution >= 4 is 23.0 Å². The predicted octanol–water partition coefficient (Wildman–Crippen LogP) is 0.753. The van der Waals surface area contributed by atoms with Crippen LogP contribution in [0.4, 0.5) is 5.95 Å². The molecule has 19 heavy (non-hydrogen) atoms. The highest BCUT2D eigenvalue weighted by Gasteiger charge is 2.16. The third-order valence-corrected chi connectivity index (χ3v) is 2.55. The number of hydrogen-bond donors (Lipinski definition) is 2. The fourth-order valence-electron chi connectivity index (χ4n) is 1.82. The Morgan fingerprint density at radius 2 is 2.32 bits per heavy atom. The van der Waals surface area contributed by atoms with Crippen molar-refractivity contribution in [2.24, 2.45) is 0 Å². The van der Waals surface area contributed by atoms with E-state index in [-0.39, 0.29) is 12.5 Å². The standard InChI is InChI=1S/C11H9N5O3/c12-11-14-9(7-2-1-3-19-7)6-4-13-16(5-8(17)18)10(6)15-11/h1-4H,5H2,(H,17,18)(H2,12,14,15). The zero-order chi connectivity index (χ0) is 13.4. The van der Waals surface area contributed by atoms with E-state index in [0.717, 1.165) is 0 Å². The average Bonchev–Trinajstić information content (AvgIpc) is 2.98. The molecule has 3 aromatic heterocycles. The third kappa shape index (κ3) is 1.88. The second kappa shape index (κ2) is 4.09. The average molecular weight is 259 g/mol. The summed E-state index contributed by atoms with van der Waals surface area (Å²) in [4.78, 5) is 18.9. The molecule has 0 aliphatic rings. The SMILES string of the molecule is Nc1nc(-c2ccco2)c2cnn(CC(=O)O)c2n1. The molecule has 0 amide bonds. The number of fused-ring (bicyclic) bond motifs is 1. The number of anilines is 1. The van der Waals surface area contributed by atoms with Crippen LogP contribution in [0.1, 0.15) is 0 Å². The Balaban J connectivity index is 2.24. The molecule has 0 spiro atoms. The highest BCUT2D eigenvalue weighted by atomic mass is 16.4. The van der Waals surface area contributed by atoms with Gasteiger partial charge in [-0.05, 0) is 12.1 Å². The Hall–Kier alpha value is -2.90. The lowest BCUT2D eigenvalue weighted by Gasteiger charge is -2.02. The molecular weight excluding hydrogens is 250 g/mol. The van der Waals surface area contributed by atoms with Crippen LogP contribution in [-0.2, 0) is 11.3 Å². The summed E-state index contributed by atoms with van der Waals surface area (Å²) < 4.78 is 6.53. The van der Waals surface area contributed by atoms with Crippen LogP contribution in [0.2, 0.25) is 0 Å². The van der Waals surface area contributed by atoms with Crippen molar-refractivity contribution in [2.75, 3.05) is 5.73 Å². The first-order chi connectivity index (χ1) is 9.15. The van der Waals surface area contributed by atoms with E-state index in [1.807, 2.05) is 0 Å². The molecular formula is C11H9N5O3. The quantitative estimate of drug-likeness (QED) is 0.712. The van der Waals surface area contributed by atoms with Crippen molar-refractivity contribution in [3.05, 3.63) is 24.6 Å². The Kier molecular flexibility index (Phi) is 2.41. The van der Waals surface area contributed by atoms with Crippen LogP contribution >= 0.6 is 0 Å². The number of carboxylic acid groups (broad SMARTS) is 1. The number of carboxylic acids is 1. The molecule has 0 aromatic carbocycles. The maximum absolute atomic E-state index is 10.8. The van der Waals surface area contributed by atoms with Crippen molar-refractivity contribution in [3.63, 3.8) is 0 Å². The maximum Gasteiger partial charge on any atom is 0.325 e. The van der Waals surface area contributed by atoms with Gasteiger partial charge >= 0.3 is 5.97 Å². The first-order valence-corrected chi connectivity index (χ1v) is 5.40. The van der Waals surface area contributed by atoms with Gasteiger partial charge in [0.25, 0.3) is 0 Å². The Morgan fingerprint density at radius 1 is 1.47 bits per heavy atom. The fraction of sp³-hybridized carbons (Fsp3) is 0.0909. The zero-order valence-electron chi connectivity index (χ0n) is 9.65.